The van der Waals surface area contributed by atoms with Crippen molar-refractivity contribution in [1.82, 2.24) is 0 Å². The van der Waals surface area contributed by atoms with Crippen molar-refractivity contribution in [2.45, 2.75) is 136 Å². The van der Waals surface area contributed by atoms with Gasteiger partial charge in [0, 0.05) is 5.92 Å². The van der Waals surface area contributed by atoms with Crippen LogP contribution < -0.4 is 0 Å². The summed E-state index contributed by atoms with van der Waals surface area (Å²) in [5.74, 6) is -1.03. The minimum Gasteiger partial charge on any atom is -0.394 e. The van der Waals surface area contributed by atoms with E-state index in [1.807, 2.05) is 0 Å². The molecule has 0 aromatic carbocycles. The van der Waals surface area contributed by atoms with E-state index in [1.54, 1.807) is 6.92 Å². The lowest BCUT2D eigenvalue weighted by Crippen LogP contribution is -2.64. The molecule has 46 heavy (non-hydrogen) atoms. The van der Waals surface area contributed by atoms with E-state index in [-0.39, 0.29) is 12.8 Å². The Labute approximate surface area is 263 Å². The first-order chi connectivity index (χ1) is 21.8. The minimum atomic E-state index is -1.86. The van der Waals surface area contributed by atoms with Gasteiger partial charge in [-0.3, -0.25) is 0 Å². The van der Waals surface area contributed by atoms with Crippen molar-refractivity contribution in [2.75, 3.05) is 26.4 Å². The van der Waals surface area contributed by atoms with Gasteiger partial charge in [0.25, 0.3) is 0 Å². The molecule has 0 spiro atoms. The van der Waals surface area contributed by atoms with Crippen LogP contribution in [0.25, 0.3) is 0 Å². The van der Waals surface area contributed by atoms with Crippen LogP contribution in [0, 0.1) is 5.92 Å². The highest BCUT2D eigenvalue weighted by Gasteiger charge is 2.53. The second kappa shape index (κ2) is 16.3. The zero-order valence-electron chi connectivity index (χ0n) is 25.1. The van der Waals surface area contributed by atoms with E-state index in [2.05, 4.69) is 0 Å². The average molecular weight is 677 g/mol. The molecule has 4 rings (SSSR count). The van der Waals surface area contributed by atoms with Crippen molar-refractivity contribution < 1.29 is 94.8 Å². The molecule has 4 aliphatic rings. The molecule has 19 heteroatoms. The molecule has 4 heterocycles. The molecule has 0 aliphatic carbocycles. The fraction of sp³-hybridized carbons (Fsp3) is 1.00. The summed E-state index contributed by atoms with van der Waals surface area (Å²) >= 11 is 0. The third-order valence-electron chi connectivity index (χ3n) is 9.28. The molecule has 13 N–H and O–H groups in total. The van der Waals surface area contributed by atoms with Gasteiger partial charge in [0.15, 0.2) is 12.6 Å². The van der Waals surface area contributed by atoms with Gasteiger partial charge in [-0.1, -0.05) is 6.92 Å². The monoisotopic (exact) mass is 676 g/mol. The van der Waals surface area contributed by atoms with E-state index < -0.39 is 149 Å². The molecule has 4 aliphatic heterocycles. The SMILES string of the molecule is CC[C@@H]1O[C@H](CO)[C@@H](C[C@H]2O[C@H](CO)[C@@H](O)[C@H](O)[C@H]2O)[C@H](O)[C@H]1O[C@@H]1O[C@H](CO[C@@H]2O[C@H](CO)[C@@H](O)[C@H](O)[C@H]2O)[C@@H](O)[C@H](O)[C@H]1O. The van der Waals surface area contributed by atoms with Crippen LogP contribution in [0.2, 0.25) is 0 Å². The zero-order chi connectivity index (χ0) is 34.0. The molecule has 19 nitrogen and oxygen atoms in total. The topological polar surface area (TPSA) is 318 Å². The largest absolute Gasteiger partial charge is 0.394 e. The first kappa shape index (κ1) is 38.0. The molecule has 0 amide bonds. The molecule has 0 saturated carbocycles. The van der Waals surface area contributed by atoms with Crippen LogP contribution in [-0.4, -0.2) is 209 Å². The van der Waals surface area contributed by atoms with E-state index in [4.69, 9.17) is 28.4 Å². The van der Waals surface area contributed by atoms with Crippen LogP contribution in [0.15, 0.2) is 0 Å². The predicted octanol–water partition coefficient (Wildman–Crippen LogP) is -7.62. The highest BCUT2D eigenvalue weighted by atomic mass is 16.7. The lowest BCUT2D eigenvalue weighted by atomic mass is 9.80. The summed E-state index contributed by atoms with van der Waals surface area (Å²) in [5, 5.41) is 133. The molecular formula is C27H48O19. The van der Waals surface area contributed by atoms with Gasteiger partial charge in [0.2, 0.25) is 0 Å². The Kier molecular flexibility index (Phi) is 13.5. The molecule has 0 unspecified atom stereocenters. The summed E-state index contributed by atoms with van der Waals surface area (Å²) in [6.45, 7) is -0.889. The van der Waals surface area contributed by atoms with Crippen molar-refractivity contribution in [1.29, 1.82) is 0 Å². The molecule has 0 radical (unpaired) electrons. The summed E-state index contributed by atoms with van der Waals surface area (Å²) in [4.78, 5) is 0. The van der Waals surface area contributed by atoms with Crippen molar-refractivity contribution in [2.24, 2.45) is 5.92 Å². The summed E-state index contributed by atoms with van der Waals surface area (Å²) in [6, 6.07) is 0. The van der Waals surface area contributed by atoms with Crippen LogP contribution in [0.1, 0.15) is 19.8 Å². The molecule has 0 aromatic heterocycles. The standard InChI is InChI=1S/C27H48O19/c1-2-9-25(15(31)8(11(4-28)42-9)3-10-16(32)20(36)17(33)12(5-29)43-10)46-27-24(40)22(38)19(35)14(45-27)7-41-26-23(39)21(37)18(34)13(6-30)44-26/h8-40H,2-7H2,1H3/t8-,9+,10-,11-,12-,13-,14-,15+,16+,17-,18-,19-,20-,21+,22+,23-,24-,25+,26-,27+/m1/s1. The smallest absolute Gasteiger partial charge is 0.187 e. The van der Waals surface area contributed by atoms with E-state index in [1.165, 1.54) is 0 Å². The molecule has 0 aromatic rings. The molecule has 0 bridgehead atoms. The van der Waals surface area contributed by atoms with Gasteiger partial charge in [-0.05, 0) is 12.8 Å². The summed E-state index contributed by atoms with van der Waals surface area (Å²) in [7, 11) is 0. The normalized spacial score (nSPS) is 52.0. The highest BCUT2D eigenvalue weighted by Crippen LogP contribution is 2.37. The second-order valence-corrected chi connectivity index (χ2v) is 12.2. The minimum absolute atomic E-state index is 0.225. The first-order valence-corrected chi connectivity index (χ1v) is 15.3. The van der Waals surface area contributed by atoms with Crippen LogP contribution >= 0.6 is 0 Å². The number of aliphatic hydroxyl groups excluding tert-OH is 13. The van der Waals surface area contributed by atoms with Crippen LogP contribution in [0.3, 0.4) is 0 Å². The first-order valence-electron chi connectivity index (χ1n) is 15.3. The number of rotatable bonds is 11. The van der Waals surface area contributed by atoms with E-state index in [0.717, 1.165) is 0 Å². The quantitative estimate of drug-likeness (QED) is 0.0966. The predicted molar refractivity (Wildman–Crippen MR) is 145 cm³/mol. The van der Waals surface area contributed by atoms with Crippen LogP contribution in [-0.2, 0) is 28.4 Å². The average Bonchev–Trinajstić information content (AvgIpc) is 3.05. The molecule has 4 fully saturated rings. The van der Waals surface area contributed by atoms with Crippen molar-refractivity contribution in [3.05, 3.63) is 0 Å². The van der Waals surface area contributed by atoms with Gasteiger partial charge in [0.1, 0.15) is 79.4 Å². The maximum atomic E-state index is 11.5. The molecule has 270 valence electrons. The third-order valence-corrected chi connectivity index (χ3v) is 9.28. The van der Waals surface area contributed by atoms with Gasteiger partial charge in [-0.2, -0.15) is 0 Å². The van der Waals surface area contributed by atoms with Crippen molar-refractivity contribution >= 4 is 0 Å². The van der Waals surface area contributed by atoms with E-state index in [9.17, 15) is 66.4 Å². The number of aliphatic hydroxyl groups is 13. The Hall–Kier alpha value is -0.760. The van der Waals surface area contributed by atoms with Crippen LogP contribution in [0.5, 0.6) is 0 Å². The van der Waals surface area contributed by atoms with Crippen LogP contribution in [0.4, 0.5) is 0 Å². The van der Waals surface area contributed by atoms with Crippen molar-refractivity contribution in [3.8, 4) is 0 Å². The molecule has 4 saturated heterocycles. The Bertz CT molecular complexity index is 929. The Morgan fingerprint density at radius 1 is 0.457 bits per heavy atom. The summed E-state index contributed by atoms with van der Waals surface area (Å²) < 4.78 is 33.9. The molecular weight excluding hydrogens is 628 g/mol. The maximum absolute atomic E-state index is 11.5. The zero-order valence-corrected chi connectivity index (χ0v) is 25.1. The summed E-state index contributed by atoms with van der Waals surface area (Å²) in [6.07, 6.45) is -28.7. The fourth-order valence-electron chi connectivity index (χ4n) is 6.41. The van der Waals surface area contributed by atoms with E-state index in [0.29, 0.717) is 0 Å². The van der Waals surface area contributed by atoms with E-state index >= 15 is 0 Å². The van der Waals surface area contributed by atoms with Gasteiger partial charge in [-0.15, -0.1) is 0 Å². The number of hydrogen-bond acceptors (Lipinski definition) is 19. The number of hydrogen-bond donors (Lipinski definition) is 13. The van der Waals surface area contributed by atoms with Gasteiger partial charge in [0.05, 0.1) is 50.8 Å². The van der Waals surface area contributed by atoms with Gasteiger partial charge < -0.3 is 94.8 Å². The highest BCUT2D eigenvalue weighted by molar-refractivity contribution is 4.99. The fourth-order valence-corrected chi connectivity index (χ4v) is 6.41. The number of ether oxygens (including phenoxy) is 6. The third kappa shape index (κ3) is 7.68. The Morgan fingerprint density at radius 2 is 0.913 bits per heavy atom. The van der Waals surface area contributed by atoms with Gasteiger partial charge in [-0.25, -0.2) is 0 Å². The summed E-state index contributed by atoms with van der Waals surface area (Å²) in [5.41, 5.74) is 0. The maximum Gasteiger partial charge on any atom is 0.187 e. The Balaban J connectivity index is 1.47. The molecule has 20 atom stereocenters. The van der Waals surface area contributed by atoms with Crippen molar-refractivity contribution in [3.63, 3.8) is 0 Å². The second-order valence-electron chi connectivity index (χ2n) is 12.2. The Morgan fingerprint density at radius 3 is 1.48 bits per heavy atom. The lowest BCUT2D eigenvalue weighted by molar-refractivity contribution is -0.351. The lowest BCUT2D eigenvalue weighted by Gasteiger charge is -2.49. The van der Waals surface area contributed by atoms with Gasteiger partial charge >= 0.3 is 0 Å².